The molecule has 0 amide bonds. The molecule has 4 heterocycles. The molecule has 0 saturated carbocycles. The molecule has 1 aliphatic heterocycles. The molecule has 12 heteroatoms. The number of nitrogens with zero attached hydrogens (tertiary/aromatic N) is 4. The lowest BCUT2D eigenvalue weighted by Gasteiger charge is -2.38. The van der Waals surface area contributed by atoms with Gasteiger partial charge in [-0.05, 0) is 30.5 Å². The van der Waals surface area contributed by atoms with Gasteiger partial charge < -0.3 is 10.3 Å². The number of aromatic amines is 1. The zero-order valence-corrected chi connectivity index (χ0v) is 19.0. The molecule has 2 N–H and O–H groups in total. The van der Waals surface area contributed by atoms with Crippen LogP contribution in [-0.4, -0.2) is 63.7 Å². The molecule has 178 valence electrons. The van der Waals surface area contributed by atoms with E-state index in [4.69, 9.17) is 0 Å². The minimum atomic E-state index is -4.51. The summed E-state index contributed by atoms with van der Waals surface area (Å²) in [5.74, 6) is -1.84. The van der Waals surface area contributed by atoms with Gasteiger partial charge in [0, 0.05) is 37.1 Å². The first-order valence-corrected chi connectivity index (χ1v) is 12.2. The summed E-state index contributed by atoms with van der Waals surface area (Å²) in [6.07, 6.45) is 0.0208. The van der Waals surface area contributed by atoms with E-state index < -0.39 is 34.7 Å². The molecule has 1 aliphatic rings. The van der Waals surface area contributed by atoms with Gasteiger partial charge in [0.1, 0.15) is 11.3 Å². The van der Waals surface area contributed by atoms with Crippen LogP contribution in [0.1, 0.15) is 20.3 Å². The molecular weight excluding hydrogens is 457 g/mol. The third-order valence-electron chi connectivity index (χ3n) is 5.50. The lowest BCUT2D eigenvalue weighted by atomic mass is 9.95. The molecule has 0 bridgehead atoms. The van der Waals surface area contributed by atoms with Crippen molar-refractivity contribution < 1.29 is 21.6 Å². The number of pyridine rings is 1. The Bertz CT molecular complexity index is 1230. The largest absolute Gasteiger partial charge is 0.393 e. The minimum Gasteiger partial charge on any atom is -0.365 e. The maximum absolute atomic E-state index is 13.7. The van der Waals surface area contributed by atoms with Crippen LogP contribution in [0.5, 0.6) is 0 Å². The molecule has 33 heavy (non-hydrogen) atoms. The average molecular weight is 483 g/mol. The molecule has 8 nitrogen and oxygen atoms in total. The van der Waals surface area contributed by atoms with E-state index in [2.05, 4.69) is 25.3 Å². The van der Waals surface area contributed by atoms with Crippen LogP contribution in [0.3, 0.4) is 0 Å². The van der Waals surface area contributed by atoms with Crippen molar-refractivity contribution >= 4 is 27.0 Å². The van der Waals surface area contributed by atoms with Crippen molar-refractivity contribution in [1.82, 2.24) is 24.2 Å². The maximum Gasteiger partial charge on any atom is 0.393 e. The van der Waals surface area contributed by atoms with Crippen LogP contribution < -0.4 is 5.32 Å². The van der Waals surface area contributed by atoms with Crippen molar-refractivity contribution in [3.8, 4) is 11.3 Å². The van der Waals surface area contributed by atoms with Crippen LogP contribution in [0.4, 0.5) is 19.0 Å². The molecule has 3 aromatic rings. The quantitative estimate of drug-likeness (QED) is 0.556. The van der Waals surface area contributed by atoms with Crippen LogP contribution in [0.25, 0.3) is 22.4 Å². The highest BCUT2D eigenvalue weighted by atomic mass is 32.2. The van der Waals surface area contributed by atoms with Gasteiger partial charge in [-0.1, -0.05) is 13.8 Å². The summed E-state index contributed by atoms with van der Waals surface area (Å²) in [5.41, 5.74) is 2.33. The fraction of sp³-hybridized carbons (Fsp3) is 0.476. The highest BCUT2D eigenvalue weighted by molar-refractivity contribution is 7.89. The zero-order valence-electron chi connectivity index (χ0n) is 18.2. The Labute approximate surface area is 189 Å². The van der Waals surface area contributed by atoms with Crippen LogP contribution in [0.15, 0.2) is 36.8 Å². The van der Waals surface area contributed by atoms with Crippen LogP contribution >= 0.6 is 0 Å². The summed E-state index contributed by atoms with van der Waals surface area (Å²) < 4.78 is 67.4. The molecule has 0 aromatic carbocycles. The standard InChI is InChI=1S/C21H25F3N6O2S/c1-13(2)12-33(31,32)30-10-14(21(22,23)24)8-15(11-30)28-19-16(4-3-6-25-19)18-9-27-20-17(29-18)5-7-26-20/h3-7,9,13-15H,8,10-12H2,1-2H3,(H,25,28)(H,26,27)/t14-,15?/m0/s1. The van der Waals surface area contributed by atoms with E-state index in [-0.39, 0.29) is 24.6 Å². The van der Waals surface area contributed by atoms with Crippen LogP contribution in [0, 0.1) is 11.8 Å². The second-order valence-electron chi connectivity index (χ2n) is 8.67. The SMILES string of the molecule is CC(C)CS(=O)(=O)N1CC(Nc2ncccc2-c2cnc3[nH]ccc3n2)C[C@H](C(F)(F)F)C1. The molecule has 2 atom stereocenters. The Morgan fingerprint density at radius 3 is 2.76 bits per heavy atom. The minimum absolute atomic E-state index is 0.0693. The zero-order chi connectivity index (χ0) is 23.8. The number of halogens is 3. The molecule has 1 saturated heterocycles. The molecular formula is C21H25F3N6O2S. The number of hydrogen-bond donors (Lipinski definition) is 2. The Balaban J connectivity index is 1.63. The molecule has 3 aromatic heterocycles. The van der Waals surface area contributed by atoms with E-state index in [9.17, 15) is 21.6 Å². The number of fused-ring (bicyclic) bond motifs is 1. The van der Waals surface area contributed by atoms with E-state index in [1.807, 2.05) is 0 Å². The first-order chi connectivity index (χ1) is 15.5. The van der Waals surface area contributed by atoms with Crippen molar-refractivity contribution in [2.75, 3.05) is 24.2 Å². The maximum atomic E-state index is 13.7. The normalized spacial score (nSPS) is 20.4. The number of piperidine rings is 1. The van der Waals surface area contributed by atoms with Crippen molar-refractivity contribution in [3.05, 3.63) is 36.8 Å². The van der Waals surface area contributed by atoms with E-state index in [1.165, 1.54) is 6.20 Å². The predicted octanol–water partition coefficient (Wildman–Crippen LogP) is 3.67. The van der Waals surface area contributed by atoms with Crippen molar-refractivity contribution in [3.63, 3.8) is 0 Å². The van der Waals surface area contributed by atoms with Gasteiger partial charge in [0.05, 0.1) is 23.6 Å². The predicted molar refractivity (Wildman–Crippen MR) is 119 cm³/mol. The van der Waals surface area contributed by atoms with Crippen molar-refractivity contribution in [1.29, 1.82) is 0 Å². The molecule has 1 unspecified atom stereocenters. The molecule has 0 radical (unpaired) electrons. The third kappa shape index (κ3) is 5.27. The second kappa shape index (κ2) is 8.90. The fourth-order valence-corrected chi connectivity index (χ4v) is 5.90. The summed E-state index contributed by atoms with van der Waals surface area (Å²) in [5, 5.41) is 3.05. The highest BCUT2D eigenvalue weighted by Crippen LogP contribution is 2.36. The number of anilines is 1. The van der Waals surface area contributed by atoms with E-state index in [0.29, 0.717) is 28.2 Å². The fourth-order valence-electron chi connectivity index (χ4n) is 4.03. The first kappa shape index (κ1) is 23.4. The van der Waals surface area contributed by atoms with Gasteiger partial charge in [0.25, 0.3) is 0 Å². The van der Waals surface area contributed by atoms with E-state index in [1.54, 1.807) is 44.4 Å². The molecule has 0 spiro atoms. The number of H-pyrrole nitrogens is 1. The van der Waals surface area contributed by atoms with E-state index in [0.717, 1.165) is 4.31 Å². The van der Waals surface area contributed by atoms with Gasteiger partial charge in [0.2, 0.25) is 10.0 Å². The first-order valence-electron chi connectivity index (χ1n) is 10.6. The van der Waals surface area contributed by atoms with E-state index >= 15 is 0 Å². The Kier molecular flexibility index (Phi) is 6.32. The lowest BCUT2D eigenvalue weighted by molar-refractivity contribution is -0.183. The monoisotopic (exact) mass is 482 g/mol. The van der Waals surface area contributed by atoms with Crippen LogP contribution in [-0.2, 0) is 10.0 Å². The summed E-state index contributed by atoms with van der Waals surface area (Å²) in [6, 6.07) is 4.43. The van der Waals surface area contributed by atoms with Gasteiger partial charge in [-0.3, -0.25) is 0 Å². The number of aromatic nitrogens is 4. The Hall–Kier alpha value is -2.73. The number of nitrogens with one attached hydrogen (secondary N) is 2. The molecule has 1 fully saturated rings. The Morgan fingerprint density at radius 2 is 2.03 bits per heavy atom. The van der Waals surface area contributed by atoms with Gasteiger partial charge in [-0.25, -0.2) is 23.4 Å². The summed E-state index contributed by atoms with van der Waals surface area (Å²) >= 11 is 0. The summed E-state index contributed by atoms with van der Waals surface area (Å²) in [6.45, 7) is 2.81. The lowest BCUT2D eigenvalue weighted by Crippen LogP contribution is -2.53. The van der Waals surface area contributed by atoms with Gasteiger partial charge in [0.15, 0.2) is 5.65 Å². The molecule has 0 aliphatic carbocycles. The topological polar surface area (TPSA) is 104 Å². The molecule has 4 rings (SSSR count). The number of alkyl halides is 3. The third-order valence-corrected chi connectivity index (χ3v) is 7.68. The van der Waals surface area contributed by atoms with Gasteiger partial charge in [-0.15, -0.1) is 0 Å². The van der Waals surface area contributed by atoms with Crippen LogP contribution in [0.2, 0.25) is 0 Å². The summed E-state index contributed by atoms with van der Waals surface area (Å²) in [7, 11) is -3.83. The number of sulfonamides is 1. The second-order valence-corrected chi connectivity index (χ2v) is 10.7. The average Bonchev–Trinajstić information content (AvgIpc) is 3.20. The number of hydrogen-bond acceptors (Lipinski definition) is 6. The number of rotatable bonds is 6. The smallest absolute Gasteiger partial charge is 0.365 e. The highest BCUT2D eigenvalue weighted by Gasteiger charge is 2.47. The van der Waals surface area contributed by atoms with Gasteiger partial charge >= 0.3 is 6.18 Å². The van der Waals surface area contributed by atoms with Crippen molar-refractivity contribution in [2.45, 2.75) is 32.5 Å². The summed E-state index contributed by atoms with van der Waals surface area (Å²) in [4.78, 5) is 16.1. The van der Waals surface area contributed by atoms with Gasteiger partial charge in [-0.2, -0.15) is 17.5 Å². The Morgan fingerprint density at radius 1 is 1.24 bits per heavy atom. The van der Waals surface area contributed by atoms with Crippen molar-refractivity contribution in [2.24, 2.45) is 11.8 Å².